The van der Waals surface area contributed by atoms with E-state index in [-0.39, 0.29) is 10.8 Å². The quantitative estimate of drug-likeness (QED) is 0.633. The molecular weight excluding hydrogens is 273 g/mol. The molecule has 0 aliphatic carbocycles. The fraction of sp³-hybridized carbons (Fsp3) is 0. The third-order valence-corrected chi connectivity index (χ3v) is 3.36. The molecule has 3 nitrogen and oxygen atoms in total. The van der Waals surface area contributed by atoms with Crippen LogP contribution >= 0.6 is 23.2 Å². The van der Waals surface area contributed by atoms with E-state index in [1.807, 2.05) is 18.2 Å². The number of rotatable bonds is 1. The van der Waals surface area contributed by atoms with Crippen LogP contribution in [0.3, 0.4) is 0 Å². The maximum Gasteiger partial charge on any atom is 0.201 e. The smallest absolute Gasteiger partial charge is 0.201 e. The second-order valence-corrected chi connectivity index (χ2v) is 4.55. The molecule has 3 aromatic rings. The van der Waals surface area contributed by atoms with Gasteiger partial charge in [0.2, 0.25) is 5.75 Å². The van der Waals surface area contributed by atoms with Gasteiger partial charge in [-0.25, -0.2) is 0 Å². The van der Waals surface area contributed by atoms with E-state index in [0.29, 0.717) is 21.7 Å². The summed E-state index contributed by atoms with van der Waals surface area (Å²) in [5.41, 5.74) is 1.62. The molecule has 0 atom stereocenters. The van der Waals surface area contributed by atoms with Crippen LogP contribution < -0.4 is 0 Å². The van der Waals surface area contributed by atoms with Crippen molar-refractivity contribution in [3.05, 3.63) is 46.4 Å². The summed E-state index contributed by atoms with van der Waals surface area (Å²) in [6.45, 7) is 0. The molecule has 3 rings (SSSR count). The van der Waals surface area contributed by atoms with Gasteiger partial charge in [-0.05, 0) is 18.2 Å². The Bertz CT molecular complexity index is 737. The van der Waals surface area contributed by atoms with Gasteiger partial charge in [0.15, 0.2) is 5.58 Å². The molecular formula is C13H6Cl2NO2. The number of hydrogen-bond donors (Lipinski definition) is 0. The molecule has 0 fully saturated rings. The predicted octanol–water partition coefficient (Wildman–Crippen LogP) is 4.95. The van der Waals surface area contributed by atoms with Gasteiger partial charge in [-0.15, -0.1) is 0 Å². The van der Waals surface area contributed by atoms with Crippen LogP contribution in [0.25, 0.3) is 22.2 Å². The minimum atomic E-state index is -0.286. The maximum absolute atomic E-state index is 11.4. The number of hydrogen-bond acceptors (Lipinski definition) is 2. The molecule has 0 unspecified atom stereocenters. The highest BCUT2D eigenvalue weighted by atomic mass is 35.5. The van der Waals surface area contributed by atoms with Crippen LogP contribution in [0.1, 0.15) is 0 Å². The molecule has 0 saturated heterocycles. The topological polar surface area (TPSA) is 45.9 Å². The van der Waals surface area contributed by atoms with Crippen LogP contribution in [-0.4, -0.2) is 5.16 Å². The molecule has 0 aliphatic heterocycles. The van der Waals surface area contributed by atoms with E-state index in [4.69, 9.17) is 27.7 Å². The van der Waals surface area contributed by atoms with Crippen LogP contribution in [0.2, 0.25) is 10.0 Å². The minimum Gasteiger partial charge on any atom is -0.354 e. The molecule has 1 aromatic heterocycles. The lowest BCUT2D eigenvalue weighted by molar-refractivity contribution is 0.354. The van der Waals surface area contributed by atoms with Gasteiger partial charge in [0, 0.05) is 5.56 Å². The molecule has 0 saturated carbocycles. The highest BCUT2D eigenvalue weighted by Gasteiger charge is 2.17. The van der Waals surface area contributed by atoms with Gasteiger partial charge >= 0.3 is 0 Å². The average molecular weight is 279 g/mol. The summed E-state index contributed by atoms with van der Waals surface area (Å²) in [4.78, 5) is 0. The Hall–Kier alpha value is -1.71. The van der Waals surface area contributed by atoms with Crippen molar-refractivity contribution in [2.45, 2.75) is 0 Å². The number of nitrogens with zero attached hydrogens (tertiary/aromatic N) is 1. The van der Waals surface area contributed by atoms with Gasteiger partial charge in [0.1, 0.15) is 10.7 Å². The number of benzene rings is 2. The Balaban J connectivity index is 2.32. The summed E-state index contributed by atoms with van der Waals surface area (Å²) in [7, 11) is 0. The monoisotopic (exact) mass is 278 g/mol. The highest BCUT2D eigenvalue weighted by molar-refractivity contribution is 6.37. The molecule has 0 N–H and O–H groups in total. The molecule has 0 spiro atoms. The van der Waals surface area contributed by atoms with E-state index in [1.165, 1.54) is 6.07 Å². The van der Waals surface area contributed by atoms with Gasteiger partial charge in [-0.1, -0.05) is 46.6 Å². The largest absolute Gasteiger partial charge is 0.354 e. The zero-order valence-electron chi connectivity index (χ0n) is 8.98. The summed E-state index contributed by atoms with van der Waals surface area (Å²) in [6.07, 6.45) is 0. The van der Waals surface area contributed by atoms with Gasteiger partial charge in [0.25, 0.3) is 0 Å². The number of halogens is 2. The van der Waals surface area contributed by atoms with Crippen molar-refractivity contribution < 1.29 is 9.63 Å². The second-order valence-electron chi connectivity index (χ2n) is 3.77. The van der Waals surface area contributed by atoms with Crippen LogP contribution in [0, 0.1) is 0 Å². The van der Waals surface area contributed by atoms with E-state index in [9.17, 15) is 5.11 Å². The average Bonchev–Trinajstić information content (AvgIpc) is 2.79. The molecule has 89 valence electrons. The second kappa shape index (κ2) is 4.19. The van der Waals surface area contributed by atoms with Crippen LogP contribution in [0.4, 0.5) is 0 Å². The first-order valence-corrected chi connectivity index (χ1v) is 5.94. The normalized spacial score (nSPS) is 11.0. The SMILES string of the molecule is [O]c1ccc2c(-c3ccccc3Cl)noc2c1Cl. The van der Waals surface area contributed by atoms with E-state index in [1.54, 1.807) is 12.1 Å². The first kappa shape index (κ1) is 11.4. The molecule has 0 aliphatic rings. The Morgan fingerprint density at radius 2 is 1.83 bits per heavy atom. The van der Waals surface area contributed by atoms with Gasteiger partial charge in [0.05, 0.1) is 10.4 Å². The third-order valence-electron chi connectivity index (χ3n) is 2.67. The number of fused-ring (bicyclic) bond motifs is 1. The van der Waals surface area contributed by atoms with Crippen molar-refractivity contribution in [1.29, 1.82) is 0 Å². The Morgan fingerprint density at radius 1 is 1.06 bits per heavy atom. The Labute approximate surface area is 113 Å². The zero-order valence-corrected chi connectivity index (χ0v) is 10.5. The van der Waals surface area contributed by atoms with Crippen LogP contribution in [-0.2, 0) is 5.11 Å². The van der Waals surface area contributed by atoms with Gasteiger partial charge in [-0.2, -0.15) is 0 Å². The van der Waals surface area contributed by atoms with E-state index >= 15 is 0 Å². The van der Waals surface area contributed by atoms with Gasteiger partial charge in [-0.3, -0.25) is 5.11 Å². The Kier molecular flexibility index (Phi) is 2.65. The van der Waals surface area contributed by atoms with Crippen molar-refractivity contribution in [3.63, 3.8) is 0 Å². The molecule has 1 heterocycles. The van der Waals surface area contributed by atoms with Crippen molar-refractivity contribution >= 4 is 34.2 Å². The molecule has 1 radical (unpaired) electrons. The lowest BCUT2D eigenvalue weighted by Gasteiger charge is -1.99. The summed E-state index contributed by atoms with van der Waals surface area (Å²) in [5, 5.41) is 16.6. The molecule has 5 heteroatoms. The highest BCUT2D eigenvalue weighted by Crippen LogP contribution is 2.38. The van der Waals surface area contributed by atoms with Crippen LogP contribution in [0.15, 0.2) is 40.9 Å². The summed E-state index contributed by atoms with van der Waals surface area (Å²) < 4.78 is 5.13. The molecule has 0 amide bonds. The fourth-order valence-electron chi connectivity index (χ4n) is 1.80. The first-order chi connectivity index (χ1) is 8.68. The minimum absolute atomic E-state index is 0.0401. The molecule has 0 bridgehead atoms. The van der Waals surface area contributed by atoms with Crippen molar-refractivity contribution in [2.75, 3.05) is 0 Å². The molecule has 2 aromatic carbocycles. The zero-order chi connectivity index (χ0) is 12.7. The third kappa shape index (κ3) is 1.64. The standard InChI is InChI=1S/C13H6Cl2NO2/c14-9-4-2-1-3-7(9)12-8-5-6-10(17)11(15)13(8)18-16-12/h1-6H. The fourth-order valence-corrected chi connectivity index (χ4v) is 2.23. The van der Waals surface area contributed by atoms with E-state index < -0.39 is 0 Å². The van der Waals surface area contributed by atoms with E-state index in [0.717, 1.165) is 5.56 Å². The predicted molar refractivity (Wildman–Crippen MR) is 69.6 cm³/mol. The van der Waals surface area contributed by atoms with E-state index in [2.05, 4.69) is 5.16 Å². The number of aromatic nitrogens is 1. The lowest BCUT2D eigenvalue weighted by atomic mass is 10.1. The summed E-state index contributed by atoms with van der Waals surface area (Å²) in [5.74, 6) is -0.286. The maximum atomic E-state index is 11.4. The summed E-state index contributed by atoms with van der Waals surface area (Å²) >= 11 is 12.0. The molecule has 18 heavy (non-hydrogen) atoms. The van der Waals surface area contributed by atoms with Crippen molar-refractivity contribution in [3.8, 4) is 17.0 Å². The van der Waals surface area contributed by atoms with Gasteiger partial charge < -0.3 is 4.52 Å². The summed E-state index contributed by atoms with van der Waals surface area (Å²) in [6, 6.07) is 10.3. The van der Waals surface area contributed by atoms with Crippen molar-refractivity contribution in [2.24, 2.45) is 0 Å². The Morgan fingerprint density at radius 3 is 2.61 bits per heavy atom. The van der Waals surface area contributed by atoms with Crippen molar-refractivity contribution in [1.82, 2.24) is 5.16 Å². The lowest BCUT2D eigenvalue weighted by Crippen LogP contribution is -1.79. The van der Waals surface area contributed by atoms with Crippen LogP contribution in [0.5, 0.6) is 5.75 Å². The first-order valence-electron chi connectivity index (χ1n) is 5.18.